The van der Waals surface area contributed by atoms with Crippen LogP contribution in [0.15, 0.2) is 24.4 Å². The van der Waals surface area contributed by atoms with Crippen LogP contribution in [-0.2, 0) is 14.3 Å². The molecule has 2 aromatic rings. The van der Waals surface area contributed by atoms with E-state index < -0.39 is 5.97 Å². The Morgan fingerprint density at radius 2 is 2.00 bits per heavy atom. The molecule has 0 saturated carbocycles. The van der Waals surface area contributed by atoms with Crippen LogP contribution in [0.1, 0.15) is 13.8 Å². The van der Waals surface area contributed by atoms with Crippen molar-refractivity contribution in [3.63, 3.8) is 0 Å². The number of carbonyl (C=O) groups is 2. The highest BCUT2D eigenvalue weighted by molar-refractivity contribution is 14.1. The number of hydrogen-bond acceptors (Lipinski definition) is 5. The van der Waals surface area contributed by atoms with Crippen LogP contribution in [0.5, 0.6) is 5.75 Å². The summed E-state index contributed by atoms with van der Waals surface area (Å²) in [6.45, 7) is 4.28. The Kier molecular flexibility index (Phi) is 7.24. The van der Waals surface area contributed by atoms with Gasteiger partial charge in [0.15, 0.2) is 19.0 Å². The highest BCUT2D eigenvalue weighted by Gasteiger charge is 2.16. The van der Waals surface area contributed by atoms with Crippen LogP contribution >= 0.6 is 34.2 Å². The second-order valence-corrected chi connectivity index (χ2v) is 6.65. The zero-order valence-corrected chi connectivity index (χ0v) is 16.8. The van der Waals surface area contributed by atoms with Crippen LogP contribution in [0, 0.1) is 3.57 Å². The molecule has 0 saturated heterocycles. The maximum Gasteiger partial charge on any atom is 0.344 e. The van der Waals surface area contributed by atoms with Gasteiger partial charge in [-0.15, -0.1) is 0 Å². The van der Waals surface area contributed by atoms with E-state index in [0.717, 1.165) is 8.96 Å². The SMILES string of the molecule is CCN(CC)C(=O)COC(=O)COc1c(I)cc(Cl)c2cccnc12. The molecule has 0 aliphatic rings. The minimum absolute atomic E-state index is 0.230. The van der Waals surface area contributed by atoms with E-state index in [0.29, 0.717) is 29.4 Å². The fourth-order valence-electron chi connectivity index (χ4n) is 2.27. The fraction of sp³-hybridized carbons (Fsp3) is 0.353. The summed E-state index contributed by atoms with van der Waals surface area (Å²) in [7, 11) is 0. The number of benzene rings is 1. The van der Waals surface area contributed by atoms with E-state index in [4.69, 9.17) is 21.1 Å². The molecule has 6 nitrogen and oxygen atoms in total. The molecule has 0 aliphatic carbocycles. The van der Waals surface area contributed by atoms with Crippen molar-refractivity contribution in [1.29, 1.82) is 0 Å². The van der Waals surface area contributed by atoms with E-state index in [1.165, 1.54) is 0 Å². The molecule has 0 N–H and O–H groups in total. The van der Waals surface area contributed by atoms with Gasteiger partial charge in [-0.25, -0.2) is 4.79 Å². The molecule has 0 fully saturated rings. The van der Waals surface area contributed by atoms with Crippen LogP contribution in [0.25, 0.3) is 10.9 Å². The van der Waals surface area contributed by atoms with E-state index in [2.05, 4.69) is 27.6 Å². The van der Waals surface area contributed by atoms with Crippen LogP contribution < -0.4 is 4.74 Å². The van der Waals surface area contributed by atoms with Crippen molar-refractivity contribution >= 4 is 57.0 Å². The zero-order chi connectivity index (χ0) is 18.4. The minimum Gasteiger partial charge on any atom is -0.478 e. The average molecular weight is 477 g/mol. The number of carbonyl (C=O) groups excluding carboxylic acids is 2. The van der Waals surface area contributed by atoms with Crippen molar-refractivity contribution in [1.82, 2.24) is 9.88 Å². The zero-order valence-electron chi connectivity index (χ0n) is 13.9. The molecule has 8 heteroatoms. The summed E-state index contributed by atoms with van der Waals surface area (Å²) >= 11 is 8.27. The molecular weight excluding hydrogens is 459 g/mol. The number of likely N-dealkylation sites (N-methyl/N-ethyl adjacent to an activating group) is 1. The van der Waals surface area contributed by atoms with Gasteiger partial charge in [0.2, 0.25) is 0 Å². The Morgan fingerprint density at radius 3 is 2.68 bits per heavy atom. The molecular formula is C17H18ClIN2O4. The summed E-state index contributed by atoms with van der Waals surface area (Å²) in [5.74, 6) is -0.380. The lowest BCUT2D eigenvalue weighted by Crippen LogP contribution is -2.34. The van der Waals surface area contributed by atoms with Crippen LogP contribution in [0.4, 0.5) is 0 Å². The van der Waals surface area contributed by atoms with Crippen LogP contribution in [0.2, 0.25) is 5.02 Å². The standard InChI is InChI=1S/C17H18ClIN2O4/c1-3-21(4-2)14(22)9-24-15(23)10-25-17-13(19)8-12(18)11-6-5-7-20-16(11)17/h5-8H,3-4,9-10H2,1-2H3. The van der Waals surface area contributed by atoms with Crippen molar-refractivity contribution in [3.05, 3.63) is 33.0 Å². The Hall–Kier alpha value is -1.61. The van der Waals surface area contributed by atoms with E-state index in [1.807, 2.05) is 19.9 Å². The quantitative estimate of drug-likeness (QED) is 0.453. The van der Waals surface area contributed by atoms with Gasteiger partial charge in [0, 0.05) is 24.7 Å². The molecule has 2 rings (SSSR count). The number of hydrogen-bond donors (Lipinski definition) is 0. The molecule has 134 valence electrons. The second kappa shape index (κ2) is 9.19. The Morgan fingerprint density at radius 1 is 1.28 bits per heavy atom. The Labute approximate surface area is 164 Å². The van der Waals surface area contributed by atoms with Gasteiger partial charge >= 0.3 is 5.97 Å². The third-order valence-corrected chi connectivity index (χ3v) is 4.67. The third-order valence-electron chi connectivity index (χ3n) is 3.56. The maximum atomic E-state index is 11.9. The van der Waals surface area contributed by atoms with Crippen molar-refractivity contribution in [2.75, 3.05) is 26.3 Å². The number of pyridine rings is 1. The summed E-state index contributed by atoms with van der Waals surface area (Å²) in [4.78, 5) is 29.6. The third kappa shape index (κ3) is 4.94. The summed E-state index contributed by atoms with van der Waals surface area (Å²) in [5.41, 5.74) is 0.575. The van der Waals surface area contributed by atoms with Gasteiger partial charge in [0.1, 0.15) is 5.52 Å². The van der Waals surface area contributed by atoms with Crippen molar-refractivity contribution in [2.24, 2.45) is 0 Å². The molecule has 1 aromatic carbocycles. The Balaban J connectivity index is 2.01. The number of nitrogens with zero attached hydrogens (tertiary/aromatic N) is 2. The van der Waals surface area contributed by atoms with Crippen LogP contribution in [-0.4, -0.2) is 48.1 Å². The van der Waals surface area contributed by atoms with Gasteiger partial charge in [-0.2, -0.15) is 0 Å². The first-order valence-electron chi connectivity index (χ1n) is 7.76. The minimum atomic E-state index is -0.615. The van der Waals surface area contributed by atoms with E-state index in [1.54, 1.807) is 23.2 Å². The second-order valence-electron chi connectivity index (χ2n) is 5.08. The monoisotopic (exact) mass is 476 g/mol. The van der Waals surface area contributed by atoms with Gasteiger partial charge < -0.3 is 14.4 Å². The average Bonchev–Trinajstić information content (AvgIpc) is 2.60. The molecule has 0 radical (unpaired) electrons. The van der Waals surface area contributed by atoms with Crippen LogP contribution in [0.3, 0.4) is 0 Å². The number of aromatic nitrogens is 1. The van der Waals surface area contributed by atoms with Crippen molar-refractivity contribution < 1.29 is 19.1 Å². The van der Waals surface area contributed by atoms with Gasteiger partial charge in [0.25, 0.3) is 5.91 Å². The van der Waals surface area contributed by atoms with E-state index in [9.17, 15) is 9.59 Å². The fourth-order valence-corrected chi connectivity index (χ4v) is 3.43. The molecule has 25 heavy (non-hydrogen) atoms. The van der Waals surface area contributed by atoms with Gasteiger partial charge in [-0.3, -0.25) is 9.78 Å². The number of esters is 1. The molecule has 1 heterocycles. The summed E-state index contributed by atoms with van der Waals surface area (Å²) in [6.07, 6.45) is 1.63. The van der Waals surface area contributed by atoms with Gasteiger partial charge in [-0.05, 0) is 54.6 Å². The van der Waals surface area contributed by atoms with E-state index >= 15 is 0 Å². The molecule has 1 amide bonds. The molecule has 0 aliphatic heterocycles. The highest BCUT2D eigenvalue weighted by Crippen LogP contribution is 2.34. The molecule has 0 atom stereocenters. The van der Waals surface area contributed by atoms with Crippen molar-refractivity contribution in [3.8, 4) is 5.75 Å². The van der Waals surface area contributed by atoms with Gasteiger partial charge in [0.05, 0.1) is 8.59 Å². The lowest BCUT2D eigenvalue weighted by molar-refractivity contribution is -0.153. The highest BCUT2D eigenvalue weighted by atomic mass is 127. The molecule has 1 aromatic heterocycles. The maximum absolute atomic E-state index is 11.9. The van der Waals surface area contributed by atoms with Crippen molar-refractivity contribution in [2.45, 2.75) is 13.8 Å². The normalized spacial score (nSPS) is 10.6. The first kappa shape index (κ1) is 19.7. The smallest absolute Gasteiger partial charge is 0.344 e. The number of amides is 1. The molecule has 0 bridgehead atoms. The lowest BCUT2D eigenvalue weighted by Gasteiger charge is -2.18. The first-order chi connectivity index (χ1) is 12.0. The molecule has 0 spiro atoms. The Bertz CT molecular complexity index is 781. The summed E-state index contributed by atoms with van der Waals surface area (Å²) < 4.78 is 11.3. The summed E-state index contributed by atoms with van der Waals surface area (Å²) in [5, 5.41) is 1.30. The number of ether oxygens (including phenoxy) is 2. The first-order valence-corrected chi connectivity index (χ1v) is 9.22. The predicted octanol–water partition coefficient (Wildman–Crippen LogP) is 3.28. The largest absolute Gasteiger partial charge is 0.478 e. The molecule has 0 unspecified atom stereocenters. The number of rotatable bonds is 7. The topological polar surface area (TPSA) is 68.7 Å². The predicted molar refractivity (Wildman–Crippen MR) is 104 cm³/mol. The lowest BCUT2D eigenvalue weighted by atomic mass is 10.2. The summed E-state index contributed by atoms with van der Waals surface area (Å²) in [6, 6.07) is 5.35. The number of fused-ring (bicyclic) bond motifs is 1. The van der Waals surface area contributed by atoms with E-state index in [-0.39, 0.29) is 19.1 Å². The van der Waals surface area contributed by atoms with Gasteiger partial charge in [-0.1, -0.05) is 11.6 Å². The number of halogens is 2.